The number of hydrogen-bond donors (Lipinski definition) is 1. The zero-order valence-electron chi connectivity index (χ0n) is 17.7. The molecule has 1 N–H and O–H groups in total. The molecule has 4 heterocycles. The molecule has 2 amide bonds. The van der Waals surface area contributed by atoms with E-state index >= 15 is 0 Å². The summed E-state index contributed by atoms with van der Waals surface area (Å²) >= 11 is 0. The number of nitrogens with one attached hydrogen (secondary N) is 1. The van der Waals surface area contributed by atoms with Gasteiger partial charge in [-0.15, -0.1) is 0 Å². The second kappa shape index (κ2) is 9.26. The van der Waals surface area contributed by atoms with Crippen molar-refractivity contribution in [1.29, 1.82) is 0 Å². The molecule has 0 aromatic carbocycles. The number of carbonyl (C=O) groups is 2. The number of anilines is 1. The normalized spacial score (nSPS) is 27.0. The zero-order valence-corrected chi connectivity index (χ0v) is 17.7. The summed E-state index contributed by atoms with van der Waals surface area (Å²) in [5, 5.41) is 3.02. The molecule has 1 aromatic rings. The van der Waals surface area contributed by atoms with Gasteiger partial charge in [0, 0.05) is 50.9 Å². The number of aromatic nitrogens is 2. The lowest BCUT2D eigenvalue weighted by molar-refractivity contribution is -0.134. The third-order valence-electron chi connectivity index (χ3n) is 6.02. The highest BCUT2D eigenvalue weighted by Crippen LogP contribution is 2.34. The summed E-state index contributed by atoms with van der Waals surface area (Å²) < 4.78 is 10.8. The van der Waals surface area contributed by atoms with Crippen LogP contribution in [0.5, 0.6) is 0 Å². The fraction of sp³-hybridized carbons (Fsp3) is 0.714. The van der Waals surface area contributed by atoms with Gasteiger partial charge >= 0.3 is 0 Å². The van der Waals surface area contributed by atoms with E-state index in [1.54, 1.807) is 6.20 Å². The summed E-state index contributed by atoms with van der Waals surface area (Å²) in [6, 6.07) is 1.91. The Morgan fingerprint density at radius 3 is 2.67 bits per heavy atom. The standard InChI is InChI=1S/C21H31N5O4/c1-14(2)23-19(27)17-12-26(20(28)15-4-8-30-13-15)11-16(17)18-3-5-22-21(24-18)25-6-9-29-10-7-25/h3,5,14-17H,4,6-13H2,1-2H3,(H,23,27)/t15-,16-,17-/m0/s1. The van der Waals surface area contributed by atoms with Crippen LogP contribution < -0.4 is 10.2 Å². The zero-order chi connectivity index (χ0) is 21.1. The van der Waals surface area contributed by atoms with Gasteiger partial charge in [0.1, 0.15) is 0 Å². The SMILES string of the molecule is CC(C)NC(=O)[C@H]1CN(C(=O)[C@H]2CCOC2)C[C@@H]1c1ccnc(N2CCOCC2)n1. The summed E-state index contributed by atoms with van der Waals surface area (Å²) in [7, 11) is 0. The number of ether oxygens (including phenoxy) is 2. The number of morpholine rings is 1. The molecule has 0 spiro atoms. The summed E-state index contributed by atoms with van der Waals surface area (Å²) in [4.78, 5) is 39.1. The van der Waals surface area contributed by atoms with Crippen molar-refractivity contribution in [2.45, 2.75) is 32.2 Å². The second-order valence-corrected chi connectivity index (χ2v) is 8.56. The third-order valence-corrected chi connectivity index (χ3v) is 6.02. The molecule has 30 heavy (non-hydrogen) atoms. The van der Waals surface area contributed by atoms with Crippen molar-refractivity contribution in [2.75, 3.05) is 57.5 Å². The van der Waals surface area contributed by atoms with E-state index in [0.29, 0.717) is 45.5 Å². The van der Waals surface area contributed by atoms with Crippen LogP contribution in [0, 0.1) is 11.8 Å². The lowest BCUT2D eigenvalue weighted by atomic mass is 9.91. The Morgan fingerprint density at radius 2 is 1.97 bits per heavy atom. The Hall–Kier alpha value is -2.26. The van der Waals surface area contributed by atoms with E-state index in [2.05, 4.69) is 15.2 Å². The van der Waals surface area contributed by atoms with Crippen LogP contribution in [0.3, 0.4) is 0 Å². The minimum Gasteiger partial charge on any atom is -0.381 e. The van der Waals surface area contributed by atoms with E-state index < -0.39 is 0 Å². The second-order valence-electron chi connectivity index (χ2n) is 8.56. The maximum absolute atomic E-state index is 13.0. The van der Waals surface area contributed by atoms with Crippen LogP contribution in [0.2, 0.25) is 0 Å². The van der Waals surface area contributed by atoms with Crippen LogP contribution in [-0.4, -0.2) is 85.3 Å². The molecule has 3 saturated heterocycles. The first-order valence-electron chi connectivity index (χ1n) is 10.9. The summed E-state index contributed by atoms with van der Waals surface area (Å²) in [6.45, 7) is 8.70. The fourth-order valence-corrected chi connectivity index (χ4v) is 4.41. The molecule has 3 aliphatic rings. The molecule has 3 aliphatic heterocycles. The van der Waals surface area contributed by atoms with E-state index in [4.69, 9.17) is 14.5 Å². The monoisotopic (exact) mass is 417 g/mol. The highest BCUT2D eigenvalue weighted by molar-refractivity contribution is 5.84. The lowest BCUT2D eigenvalue weighted by Crippen LogP contribution is -2.40. The first-order chi connectivity index (χ1) is 14.5. The molecular formula is C21H31N5O4. The number of amides is 2. The summed E-state index contributed by atoms with van der Waals surface area (Å²) in [5.74, 6) is 0.128. The Morgan fingerprint density at radius 1 is 1.17 bits per heavy atom. The minimum absolute atomic E-state index is 0.0282. The van der Waals surface area contributed by atoms with Crippen LogP contribution in [-0.2, 0) is 19.1 Å². The van der Waals surface area contributed by atoms with Crippen molar-refractivity contribution in [1.82, 2.24) is 20.2 Å². The third kappa shape index (κ3) is 4.57. The molecule has 164 valence electrons. The van der Waals surface area contributed by atoms with E-state index in [-0.39, 0.29) is 35.6 Å². The fourth-order valence-electron chi connectivity index (χ4n) is 4.41. The highest BCUT2D eigenvalue weighted by atomic mass is 16.5. The topological polar surface area (TPSA) is 96.9 Å². The molecule has 0 bridgehead atoms. The van der Waals surface area contributed by atoms with Crippen molar-refractivity contribution < 1.29 is 19.1 Å². The molecule has 3 atom stereocenters. The Bertz CT molecular complexity index is 762. The van der Waals surface area contributed by atoms with Crippen LogP contribution >= 0.6 is 0 Å². The molecule has 9 nitrogen and oxygen atoms in total. The molecule has 0 saturated carbocycles. The van der Waals surface area contributed by atoms with Gasteiger partial charge in [0.15, 0.2) is 0 Å². The number of nitrogens with zero attached hydrogens (tertiary/aromatic N) is 4. The minimum atomic E-state index is -0.328. The van der Waals surface area contributed by atoms with E-state index in [1.807, 2.05) is 24.8 Å². The van der Waals surface area contributed by atoms with Gasteiger partial charge < -0.3 is 24.6 Å². The lowest BCUT2D eigenvalue weighted by Gasteiger charge is -2.27. The van der Waals surface area contributed by atoms with Gasteiger partial charge in [0.25, 0.3) is 0 Å². The number of rotatable bonds is 5. The maximum atomic E-state index is 13.0. The number of likely N-dealkylation sites (tertiary alicyclic amines) is 1. The summed E-state index contributed by atoms with van der Waals surface area (Å²) in [6.07, 6.45) is 2.50. The smallest absolute Gasteiger partial charge is 0.228 e. The molecule has 3 fully saturated rings. The first kappa shape index (κ1) is 21.0. The van der Waals surface area contributed by atoms with E-state index in [0.717, 1.165) is 25.2 Å². The van der Waals surface area contributed by atoms with Crippen molar-refractivity contribution in [3.05, 3.63) is 18.0 Å². The van der Waals surface area contributed by atoms with Crippen LogP contribution in [0.1, 0.15) is 31.9 Å². The van der Waals surface area contributed by atoms with Gasteiger partial charge in [-0.3, -0.25) is 9.59 Å². The van der Waals surface area contributed by atoms with Crippen LogP contribution in [0.25, 0.3) is 0 Å². The van der Waals surface area contributed by atoms with Crippen molar-refractivity contribution >= 4 is 17.8 Å². The highest BCUT2D eigenvalue weighted by Gasteiger charge is 2.43. The molecule has 9 heteroatoms. The molecule has 1 aromatic heterocycles. The van der Waals surface area contributed by atoms with Gasteiger partial charge in [-0.25, -0.2) is 9.97 Å². The van der Waals surface area contributed by atoms with Gasteiger partial charge in [0.05, 0.1) is 37.4 Å². The predicted molar refractivity (Wildman–Crippen MR) is 110 cm³/mol. The van der Waals surface area contributed by atoms with E-state index in [9.17, 15) is 9.59 Å². The van der Waals surface area contributed by atoms with Crippen molar-refractivity contribution in [3.8, 4) is 0 Å². The summed E-state index contributed by atoms with van der Waals surface area (Å²) in [5.41, 5.74) is 0.813. The van der Waals surface area contributed by atoms with Crippen LogP contribution in [0.15, 0.2) is 12.3 Å². The largest absolute Gasteiger partial charge is 0.381 e. The van der Waals surface area contributed by atoms with Crippen molar-refractivity contribution in [2.24, 2.45) is 11.8 Å². The van der Waals surface area contributed by atoms with Gasteiger partial charge in [-0.2, -0.15) is 0 Å². The Balaban J connectivity index is 1.56. The maximum Gasteiger partial charge on any atom is 0.228 e. The predicted octanol–water partition coefficient (Wildman–Crippen LogP) is 0.416. The molecule has 0 unspecified atom stereocenters. The van der Waals surface area contributed by atoms with E-state index in [1.165, 1.54) is 0 Å². The van der Waals surface area contributed by atoms with Gasteiger partial charge in [0.2, 0.25) is 17.8 Å². The number of hydrogen-bond acceptors (Lipinski definition) is 7. The van der Waals surface area contributed by atoms with Crippen LogP contribution in [0.4, 0.5) is 5.95 Å². The molecule has 0 radical (unpaired) electrons. The Kier molecular flexibility index (Phi) is 6.48. The first-order valence-corrected chi connectivity index (χ1v) is 10.9. The van der Waals surface area contributed by atoms with Crippen molar-refractivity contribution in [3.63, 3.8) is 0 Å². The average molecular weight is 418 g/mol. The molecule has 0 aliphatic carbocycles. The number of carbonyl (C=O) groups excluding carboxylic acids is 2. The molecular weight excluding hydrogens is 386 g/mol. The quantitative estimate of drug-likeness (QED) is 0.741. The molecule has 4 rings (SSSR count). The van der Waals surface area contributed by atoms with Gasteiger partial charge in [-0.1, -0.05) is 0 Å². The van der Waals surface area contributed by atoms with Gasteiger partial charge in [-0.05, 0) is 26.3 Å². The average Bonchev–Trinajstić information content (AvgIpc) is 3.44. The Labute approximate surface area is 177 Å².